The average molecular weight is 280 g/mol. The highest BCUT2D eigenvalue weighted by Gasteiger charge is 2.04. The molecule has 2 rings (SSSR count). The van der Waals surface area contributed by atoms with Gasteiger partial charge in [0.15, 0.2) is 0 Å². The van der Waals surface area contributed by atoms with E-state index in [2.05, 4.69) is 41.9 Å². The van der Waals surface area contributed by atoms with Crippen molar-refractivity contribution < 1.29 is 0 Å². The minimum Gasteiger partial charge on any atom is -0.310 e. The summed E-state index contributed by atoms with van der Waals surface area (Å²) < 4.78 is 0. The van der Waals surface area contributed by atoms with E-state index < -0.39 is 0 Å². The van der Waals surface area contributed by atoms with Gasteiger partial charge in [-0.25, -0.2) is 0 Å². The molecule has 1 aromatic carbocycles. The Labute approximate surface area is 118 Å². The summed E-state index contributed by atoms with van der Waals surface area (Å²) in [5, 5.41) is 6.51. The molecule has 1 unspecified atom stereocenters. The van der Waals surface area contributed by atoms with Gasteiger partial charge in [-0.15, -0.1) is 11.3 Å². The third-order valence-electron chi connectivity index (χ3n) is 2.98. The van der Waals surface area contributed by atoms with Crippen LogP contribution in [0.4, 0.5) is 0 Å². The van der Waals surface area contributed by atoms with Gasteiger partial charge in [0.25, 0.3) is 0 Å². The van der Waals surface area contributed by atoms with Crippen LogP contribution in [0.5, 0.6) is 0 Å². The lowest BCUT2D eigenvalue weighted by Crippen LogP contribution is -2.27. The van der Waals surface area contributed by atoms with E-state index in [0.29, 0.717) is 6.04 Å². The van der Waals surface area contributed by atoms with Crippen molar-refractivity contribution in [3.63, 3.8) is 0 Å². The monoisotopic (exact) mass is 279 g/mol. The van der Waals surface area contributed by atoms with Crippen LogP contribution >= 0.6 is 22.9 Å². The van der Waals surface area contributed by atoms with Crippen molar-refractivity contribution in [2.45, 2.75) is 32.9 Å². The second kappa shape index (κ2) is 6.37. The molecule has 1 heterocycles. The number of hydrogen-bond acceptors (Lipinski definition) is 2. The minimum atomic E-state index is 0.476. The zero-order valence-electron chi connectivity index (χ0n) is 10.7. The topological polar surface area (TPSA) is 12.0 Å². The van der Waals surface area contributed by atoms with Crippen LogP contribution in [0, 0.1) is 6.92 Å². The van der Waals surface area contributed by atoms with Crippen LogP contribution < -0.4 is 5.32 Å². The molecule has 96 valence electrons. The molecule has 3 heteroatoms. The van der Waals surface area contributed by atoms with Crippen LogP contribution in [-0.2, 0) is 13.0 Å². The molecular formula is C15H18ClNS. The maximum atomic E-state index is 6.12. The van der Waals surface area contributed by atoms with Gasteiger partial charge < -0.3 is 5.32 Å². The van der Waals surface area contributed by atoms with Gasteiger partial charge in [-0.2, -0.15) is 0 Å². The number of benzene rings is 1. The van der Waals surface area contributed by atoms with Crippen LogP contribution in [-0.4, -0.2) is 6.04 Å². The van der Waals surface area contributed by atoms with E-state index in [9.17, 15) is 0 Å². The lowest BCUT2D eigenvalue weighted by atomic mass is 10.1. The maximum absolute atomic E-state index is 6.12. The molecule has 0 saturated carbocycles. The zero-order valence-corrected chi connectivity index (χ0v) is 12.3. The predicted molar refractivity (Wildman–Crippen MR) is 80.5 cm³/mol. The van der Waals surface area contributed by atoms with E-state index in [1.807, 2.05) is 24.3 Å². The molecule has 0 amide bonds. The Morgan fingerprint density at radius 2 is 2.17 bits per heavy atom. The Morgan fingerprint density at radius 1 is 1.33 bits per heavy atom. The number of aryl methyl sites for hydroxylation is 1. The van der Waals surface area contributed by atoms with Crippen molar-refractivity contribution >= 4 is 22.9 Å². The first-order valence-corrected chi connectivity index (χ1v) is 7.41. The summed E-state index contributed by atoms with van der Waals surface area (Å²) in [4.78, 5) is 1.43. The smallest absolute Gasteiger partial charge is 0.0438 e. The van der Waals surface area contributed by atoms with E-state index in [0.717, 1.165) is 23.6 Å². The van der Waals surface area contributed by atoms with E-state index in [-0.39, 0.29) is 0 Å². The Hall–Kier alpha value is -0.830. The molecule has 18 heavy (non-hydrogen) atoms. The first-order chi connectivity index (χ1) is 8.65. The molecule has 0 radical (unpaired) electrons. The number of hydrogen-bond donors (Lipinski definition) is 1. The average Bonchev–Trinajstić information content (AvgIpc) is 2.83. The maximum Gasteiger partial charge on any atom is 0.0438 e. The van der Waals surface area contributed by atoms with E-state index in [1.165, 1.54) is 10.4 Å². The van der Waals surface area contributed by atoms with Gasteiger partial charge in [-0.3, -0.25) is 0 Å². The third kappa shape index (κ3) is 3.84. The summed E-state index contributed by atoms with van der Waals surface area (Å²) in [6.45, 7) is 5.11. The molecule has 1 N–H and O–H groups in total. The van der Waals surface area contributed by atoms with Gasteiger partial charge in [-0.05, 0) is 48.9 Å². The number of rotatable bonds is 5. The van der Waals surface area contributed by atoms with Gasteiger partial charge in [0, 0.05) is 22.5 Å². The van der Waals surface area contributed by atoms with Crippen LogP contribution in [0.25, 0.3) is 0 Å². The van der Waals surface area contributed by atoms with Crippen LogP contribution in [0.2, 0.25) is 5.02 Å². The van der Waals surface area contributed by atoms with Crippen molar-refractivity contribution in [2.24, 2.45) is 0 Å². The van der Waals surface area contributed by atoms with Crippen LogP contribution in [0.1, 0.15) is 22.9 Å². The van der Waals surface area contributed by atoms with Crippen molar-refractivity contribution in [2.75, 3.05) is 0 Å². The molecule has 0 aliphatic rings. The van der Waals surface area contributed by atoms with Crippen molar-refractivity contribution in [3.8, 4) is 0 Å². The number of nitrogens with one attached hydrogen (secondary N) is 1. The normalized spacial score (nSPS) is 12.6. The SMILES string of the molecule is Cc1ccc(CNC(C)Cc2cccs2)cc1Cl. The molecule has 1 atom stereocenters. The first kappa shape index (κ1) is 13.6. The number of thiophene rings is 1. The highest BCUT2D eigenvalue weighted by atomic mass is 35.5. The summed E-state index contributed by atoms with van der Waals surface area (Å²) in [5.41, 5.74) is 2.37. The summed E-state index contributed by atoms with van der Waals surface area (Å²) >= 11 is 7.93. The second-order valence-corrected chi connectivity index (χ2v) is 6.09. The lowest BCUT2D eigenvalue weighted by molar-refractivity contribution is 0.548. The molecular weight excluding hydrogens is 262 g/mol. The molecule has 0 bridgehead atoms. The Bertz CT molecular complexity index is 493. The Morgan fingerprint density at radius 3 is 2.83 bits per heavy atom. The van der Waals surface area contributed by atoms with Gasteiger partial charge >= 0.3 is 0 Å². The van der Waals surface area contributed by atoms with Gasteiger partial charge in [0.1, 0.15) is 0 Å². The van der Waals surface area contributed by atoms with Crippen molar-refractivity contribution in [1.29, 1.82) is 0 Å². The lowest BCUT2D eigenvalue weighted by Gasteiger charge is -2.13. The van der Waals surface area contributed by atoms with Gasteiger partial charge in [0.05, 0.1) is 0 Å². The second-order valence-electron chi connectivity index (χ2n) is 4.65. The first-order valence-electron chi connectivity index (χ1n) is 6.16. The summed E-state index contributed by atoms with van der Waals surface area (Å²) in [7, 11) is 0. The molecule has 0 fully saturated rings. The summed E-state index contributed by atoms with van der Waals surface area (Å²) in [6.07, 6.45) is 1.08. The van der Waals surface area contributed by atoms with Gasteiger partial charge in [0.2, 0.25) is 0 Å². The van der Waals surface area contributed by atoms with E-state index in [4.69, 9.17) is 11.6 Å². The summed E-state index contributed by atoms with van der Waals surface area (Å²) in [6, 6.07) is 11.0. The molecule has 2 aromatic rings. The fourth-order valence-corrected chi connectivity index (χ4v) is 2.88. The van der Waals surface area contributed by atoms with Crippen LogP contribution in [0.15, 0.2) is 35.7 Å². The molecule has 0 aliphatic carbocycles. The Kier molecular flexibility index (Phi) is 4.81. The Balaban J connectivity index is 1.85. The van der Waals surface area contributed by atoms with E-state index in [1.54, 1.807) is 0 Å². The fraction of sp³-hybridized carbons (Fsp3) is 0.333. The van der Waals surface area contributed by atoms with Gasteiger partial charge in [-0.1, -0.05) is 29.8 Å². The zero-order chi connectivity index (χ0) is 13.0. The minimum absolute atomic E-state index is 0.476. The van der Waals surface area contributed by atoms with Crippen molar-refractivity contribution in [3.05, 3.63) is 56.7 Å². The van der Waals surface area contributed by atoms with Crippen LogP contribution in [0.3, 0.4) is 0 Å². The molecule has 0 aliphatic heterocycles. The highest BCUT2D eigenvalue weighted by molar-refractivity contribution is 7.09. The molecule has 0 saturated heterocycles. The number of halogens is 1. The quantitative estimate of drug-likeness (QED) is 0.854. The standard InChI is InChI=1S/C15H18ClNS/c1-11-5-6-13(9-15(11)16)10-17-12(2)8-14-4-3-7-18-14/h3-7,9,12,17H,8,10H2,1-2H3. The largest absolute Gasteiger partial charge is 0.310 e. The molecule has 1 nitrogen and oxygen atoms in total. The third-order valence-corrected chi connectivity index (χ3v) is 4.28. The highest BCUT2D eigenvalue weighted by Crippen LogP contribution is 2.17. The molecule has 0 spiro atoms. The van der Waals surface area contributed by atoms with Crippen molar-refractivity contribution in [1.82, 2.24) is 5.32 Å². The fourth-order valence-electron chi connectivity index (χ4n) is 1.84. The predicted octanol–water partition coefficient (Wildman–Crippen LogP) is 4.43. The molecule has 1 aromatic heterocycles. The van der Waals surface area contributed by atoms with E-state index >= 15 is 0 Å². The summed E-state index contributed by atoms with van der Waals surface area (Å²) in [5.74, 6) is 0.